The number of amides is 3. The lowest BCUT2D eigenvalue weighted by Gasteiger charge is -2.35. The van der Waals surface area contributed by atoms with E-state index >= 15 is 0 Å². The smallest absolute Gasteiger partial charge is 0.321 e. The van der Waals surface area contributed by atoms with Gasteiger partial charge in [-0.2, -0.15) is 0 Å². The van der Waals surface area contributed by atoms with Gasteiger partial charge in [0.1, 0.15) is 5.82 Å². The zero-order chi connectivity index (χ0) is 20.2. The summed E-state index contributed by atoms with van der Waals surface area (Å²) in [4.78, 5) is 29.2. The summed E-state index contributed by atoms with van der Waals surface area (Å²) in [5, 5.41) is 4.72. The van der Waals surface area contributed by atoms with E-state index in [1.165, 1.54) is 23.5 Å². The average Bonchev–Trinajstić information content (AvgIpc) is 3.27. The lowest BCUT2D eigenvalue weighted by atomic mass is 10.1. The molecule has 0 bridgehead atoms. The first-order chi connectivity index (χ1) is 14.1. The van der Waals surface area contributed by atoms with Gasteiger partial charge in [-0.05, 0) is 59.8 Å². The Labute approximate surface area is 172 Å². The first kappa shape index (κ1) is 19.1. The van der Waals surface area contributed by atoms with Gasteiger partial charge < -0.3 is 10.2 Å². The molecule has 0 saturated carbocycles. The molecule has 1 saturated heterocycles. The molecule has 4 rings (SSSR count). The lowest BCUT2D eigenvalue weighted by Crippen LogP contribution is -2.49. The molecule has 1 aromatic heterocycles. The molecular weight excluding hydrogens is 389 g/mol. The second kappa shape index (κ2) is 8.45. The Morgan fingerprint density at radius 2 is 1.79 bits per heavy atom. The molecule has 0 atom stereocenters. The van der Waals surface area contributed by atoms with Crippen molar-refractivity contribution in [1.29, 1.82) is 0 Å². The first-order valence-corrected chi connectivity index (χ1v) is 10.2. The van der Waals surface area contributed by atoms with Crippen molar-refractivity contribution >= 4 is 34.6 Å². The van der Waals surface area contributed by atoms with Gasteiger partial charge in [-0.15, -0.1) is 11.3 Å². The van der Waals surface area contributed by atoms with E-state index in [9.17, 15) is 14.0 Å². The number of anilines is 2. The van der Waals surface area contributed by atoms with Crippen molar-refractivity contribution in [3.63, 3.8) is 0 Å². The Hall–Kier alpha value is -3.19. The largest absolute Gasteiger partial charge is 0.324 e. The predicted molar refractivity (Wildman–Crippen MR) is 113 cm³/mol. The van der Waals surface area contributed by atoms with Crippen molar-refractivity contribution in [2.45, 2.75) is 13.0 Å². The molecule has 1 N–H and O–H groups in total. The van der Waals surface area contributed by atoms with Gasteiger partial charge in [-0.25, -0.2) is 9.18 Å². The summed E-state index contributed by atoms with van der Waals surface area (Å²) >= 11 is 1.39. The monoisotopic (exact) mass is 409 g/mol. The van der Waals surface area contributed by atoms with Crippen molar-refractivity contribution < 1.29 is 14.0 Å². The summed E-state index contributed by atoms with van der Waals surface area (Å²) in [5.41, 5.74) is 2.36. The van der Waals surface area contributed by atoms with Crippen LogP contribution in [0.2, 0.25) is 0 Å². The minimum Gasteiger partial charge on any atom is -0.321 e. The Bertz CT molecular complexity index is 988. The highest BCUT2D eigenvalue weighted by Crippen LogP contribution is 2.24. The molecule has 3 amide bonds. The average molecular weight is 409 g/mol. The number of hydrogen-bond acceptors (Lipinski definition) is 3. The summed E-state index contributed by atoms with van der Waals surface area (Å²) in [6.07, 6.45) is 0.851. The normalized spacial score (nSPS) is 14.2. The van der Waals surface area contributed by atoms with Crippen LogP contribution in [0.25, 0.3) is 0 Å². The summed E-state index contributed by atoms with van der Waals surface area (Å²) < 4.78 is 13.1. The summed E-state index contributed by atoms with van der Waals surface area (Å²) in [5.74, 6) is -0.432. The van der Waals surface area contributed by atoms with Crippen LogP contribution in [0.5, 0.6) is 0 Å². The Morgan fingerprint density at radius 3 is 2.48 bits per heavy atom. The van der Waals surface area contributed by atoms with Gasteiger partial charge in [0.2, 0.25) is 0 Å². The van der Waals surface area contributed by atoms with Crippen molar-refractivity contribution in [2.75, 3.05) is 23.3 Å². The minimum absolute atomic E-state index is 0.0732. The molecule has 2 heterocycles. The summed E-state index contributed by atoms with van der Waals surface area (Å²) in [7, 11) is 0. The van der Waals surface area contributed by atoms with Crippen LogP contribution < -0.4 is 10.2 Å². The Morgan fingerprint density at radius 1 is 1.03 bits per heavy atom. The Balaban J connectivity index is 1.42. The summed E-state index contributed by atoms with van der Waals surface area (Å²) in [6, 6.07) is 17.0. The van der Waals surface area contributed by atoms with E-state index in [4.69, 9.17) is 0 Å². The second-order valence-electron chi connectivity index (χ2n) is 6.81. The standard InChI is InChI=1S/C22H20FN3O2S/c23-17-6-4-16(5-7-17)15-25-12-2-13-26(22(25)28)19-10-8-18(9-11-19)24-21(27)20-3-1-14-29-20/h1,3-11,14H,2,12-13,15H2,(H,24,27). The zero-order valence-electron chi connectivity index (χ0n) is 15.7. The van der Waals surface area contributed by atoms with E-state index in [-0.39, 0.29) is 17.8 Å². The van der Waals surface area contributed by atoms with E-state index in [1.807, 2.05) is 23.6 Å². The molecule has 1 aliphatic rings. The highest BCUT2D eigenvalue weighted by Gasteiger charge is 2.26. The fraction of sp³-hybridized carbons (Fsp3) is 0.182. The molecule has 29 heavy (non-hydrogen) atoms. The maximum atomic E-state index is 13.1. The number of nitrogens with one attached hydrogen (secondary N) is 1. The number of halogens is 1. The summed E-state index contributed by atoms with van der Waals surface area (Å²) in [6.45, 7) is 1.76. The molecule has 5 nitrogen and oxygen atoms in total. The van der Waals surface area contributed by atoms with Gasteiger partial charge in [0.05, 0.1) is 4.88 Å². The van der Waals surface area contributed by atoms with E-state index in [0.717, 1.165) is 17.7 Å². The van der Waals surface area contributed by atoms with Crippen LogP contribution in [-0.4, -0.2) is 29.9 Å². The fourth-order valence-corrected chi connectivity index (χ4v) is 3.92. The van der Waals surface area contributed by atoms with Gasteiger partial charge in [0.15, 0.2) is 0 Å². The number of urea groups is 1. The molecule has 0 aliphatic carbocycles. The molecule has 0 radical (unpaired) electrons. The van der Waals surface area contributed by atoms with E-state index in [1.54, 1.807) is 40.1 Å². The van der Waals surface area contributed by atoms with Gasteiger partial charge >= 0.3 is 6.03 Å². The molecule has 7 heteroatoms. The number of thiophene rings is 1. The van der Waals surface area contributed by atoms with Gasteiger partial charge in [0, 0.05) is 31.0 Å². The molecule has 0 unspecified atom stereocenters. The predicted octanol–water partition coefficient (Wildman–Crippen LogP) is 4.97. The molecule has 3 aromatic rings. The molecule has 2 aromatic carbocycles. The highest BCUT2D eigenvalue weighted by atomic mass is 32.1. The third-order valence-corrected chi connectivity index (χ3v) is 5.65. The van der Waals surface area contributed by atoms with Crippen molar-refractivity contribution in [1.82, 2.24) is 4.90 Å². The molecule has 0 spiro atoms. The van der Waals surface area contributed by atoms with Crippen LogP contribution in [-0.2, 0) is 6.54 Å². The van der Waals surface area contributed by atoms with Crippen LogP contribution in [0, 0.1) is 5.82 Å². The van der Waals surface area contributed by atoms with E-state index in [0.29, 0.717) is 30.2 Å². The quantitative estimate of drug-likeness (QED) is 0.647. The van der Waals surface area contributed by atoms with Gasteiger partial charge in [0.25, 0.3) is 5.91 Å². The number of benzene rings is 2. The number of hydrogen-bond donors (Lipinski definition) is 1. The van der Waals surface area contributed by atoms with Crippen LogP contribution in [0.15, 0.2) is 66.0 Å². The third kappa shape index (κ3) is 4.46. The van der Waals surface area contributed by atoms with Crippen molar-refractivity contribution in [3.8, 4) is 0 Å². The SMILES string of the molecule is O=C(Nc1ccc(N2CCCN(Cc3ccc(F)cc3)C2=O)cc1)c1cccs1. The van der Waals surface area contributed by atoms with Crippen molar-refractivity contribution in [3.05, 3.63) is 82.3 Å². The number of rotatable bonds is 5. The highest BCUT2D eigenvalue weighted by molar-refractivity contribution is 7.12. The van der Waals surface area contributed by atoms with Crippen LogP contribution in [0.4, 0.5) is 20.6 Å². The second-order valence-corrected chi connectivity index (χ2v) is 7.76. The van der Waals surface area contributed by atoms with Crippen LogP contribution >= 0.6 is 11.3 Å². The first-order valence-electron chi connectivity index (χ1n) is 9.36. The molecule has 1 fully saturated rings. The maximum Gasteiger partial charge on any atom is 0.324 e. The number of nitrogens with zero attached hydrogens (tertiary/aromatic N) is 2. The number of carbonyl (C=O) groups excluding carboxylic acids is 2. The lowest BCUT2D eigenvalue weighted by molar-refractivity contribution is 0.103. The molecule has 148 valence electrons. The van der Waals surface area contributed by atoms with Crippen LogP contribution in [0.3, 0.4) is 0 Å². The molecular formula is C22H20FN3O2S. The Kier molecular flexibility index (Phi) is 5.57. The topological polar surface area (TPSA) is 52.7 Å². The van der Waals surface area contributed by atoms with E-state index in [2.05, 4.69) is 5.32 Å². The minimum atomic E-state index is -0.286. The fourth-order valence-electron chi connectivity index (χ4n) is 3.30. The zero-order valence-corrected chi connectivity index (χ0v) is 16.5. The van der Waals surface area contributed by atoms with Gasteiger partial charge in [-0.3, -0.25) is 9.69 Å². The van der Waals surface area contributed by atoms with Gasteiger partial charge in [-0.1, -0.05) is 18.2 Å². The molecule has 1 aliphatic heterocycles. The van der Waals surface area contributed by atoms with Crippen molar-refractivity contribution in [2.24, 2.45) is 0 Å². The maximum absolute atomic E-state index is 13.1. The van der Waals surface area contributed by atoms with E-state index < -0.39 is 0 Å². The van der Waals surface area contributed by atoms with Crippen LogP contribution in [0.1, 0.15) is 21.7 Å². The third-order valence-electron chi connectivity index (χ3n) is 4.78. The number of carbonyl (C=O) groups is 2.